The summed E-state index contributed by atoms with van der Waals surface area (Å²) < 4.78 is 7.10. The Kier molecular flexibility index (Phi) is 5.75. The summed E-state index contributed by atoms with van der Waals surface area (Å²) in [4.78, 5) is 27.7. The van der Waals surface area contributed by atoms with Crippen LogP contribution in [0.4, 0.5) is 0 Å². The summed E-state index contributed by atoms with van der Waals surface area (Å²) in [6.07, 6.45) is 2.42. The molecule has 0 N–H and O–H groups in total. The summed E-state index contributed by atoms with van der Waals surface area (Å²) in [5.74, 6) is 1.54. The van der Waals surface area contributed by atoms with Gasteiger partial charge in [-0.2, -0.15) is 15.1 Å². The van der Waals surface area contributed by atoms with Gasteiger partial charge in [0.25, 0.3) is 5.78 Å². The third kappa shape index (κ3) is 4.30. The molecule has 0 spiro atoms. The van der Waals surface area contributed by atoms with Gasteiger partial charge in [0.05, 0.1) is 6.54 Å². The van der Waals surface area contributed by atoms with Gasteiger partial charge in [-0.05, 0) is 45.7 Å². The van der Waals surface area contributed by atoms with Crippen LogP contribution in [0, 0.1) is 20.8 Å². The standard InChI is InChI=1S/C22H25N7O2/c1-5-28(12-19-26-21(27-31-19)17-8-6-7-14(2)11-17)20(30)10-9-18-15(3)25-22-23-13-24-29(22)16(18)4/h6-8,11,13H,5,9-10,12H2,1-4H3. The number of hydrogen-bond donors (Lipinski definition) is 0. The highest BCUT2D eigenvalue weighted by Crippen LogP contribution is 2.19. The van der Waals surface area contributed by atoms with Crippen molar-refractivity contribution < 1.29 is 9.32 Å². The molecule has 31 heavy (non-hydrogen) atoms. The van der Waals surface area contributed by atoms with Gasteiger partial charge in [-0.1, -0.05) is 28.9 Å². The van der Waals surface area contributed by atoms with E-state index in [2.05, 4.69) is 25.2 Å². The molecule has 0 atom stereocenters. The maximum atomic E-state index is 12.9. The molecular formula is C22H25N7O2. The molecule has 0 saturated heterocycles. The average Bonchev–Trinajstić information content (AvgIpc) is 3.41. The van der Waals surface area contributed by atoms with Crippen molar-refractivity contribution in [3.63, 3.8) is 0 Å². The first-order chi connectivity index (χ1) is 15.0. The van der Waals surface area contributed by atoms with Crippen molar-refractivity contribution in [1.82, 2.24) is 34.6 Å². The van der Waals surface area contributed by atoms with Gasteiger partial charge in [0.1, 0.15) is 6.33 Å². The fourth-order valence-electron chi connectivity index (χ4n) is 3.67. The van der Waals surface area contributed by atoms with Crippen LogP contribution in [0.3, 0.4) is 0 Å². The van der Waals surface area contributed by atoms with Crippen LogP contribution in [-0.4, -0.2) is 47.1 Å². The van der Waals surface area contributed by atoms with Crippen LogP contribution >= 0.6 is 0 Å². The van der Waals surface area contributed by atoms with E-state index in [9.17, 15) is 4.79 Å². The molecule has 160 valence electrons. The lowest BCUT2D eigenvalue weighted by molar-refractivity contribution is -0.131. The predicted octanol–water partition coefficient (Wildman–Crippen LogP) is 3.08. The minimum absolute atomic E-state index is 0.0234. The van der Waals surface area contributed by atoms with E-state index in [0.29, 0.717) is 36.9 Å². The second-order valence-corrected chi connectivity index (χ2v) is 7.52. The number of carbonyl (C=O) groups is 1. The van der Waals surface area contributed by atoms with Gasteiger partial charge in [0, 0.05) is 29.9 Å². The molecule has 0 bridgehead atoms. The molecule has 0 fully saturated rings. The quantitative estimate of drug-likeness (QED) is 0.453. The molecule has 0 aliphatic carbocycles. The summed E-state index contributed by atoms with van der Waals surface area (Å²) in [6, 6.07) is 7.91. The zero-order chi connectivity index (χ0) is 22.0. The van der Waals surface area contributed by atoms with E-state index >= 15 is 0 Å². The molecule has 9 heteroatoms. The number of aromatic nitrogens is 6. The monoisotopic (exact) mass is 419 g/mol. The number of benzene rings is 1. The van der Waals surface area contributed by atoms with Gasteiger partial charge < -0.3 is 9.42 Å². The van der Waals surface area contributed by atoms with Crippen molar-refractivity contribution in [2.24, 2.45) is 0 Å². The van der Waals surface area contributed by atoms with Crippen LogP contribution < -0.4 is 0 Å². The van der Waals surface area contributed by atoms with Gasteiger partial charge in [-0.15, -0.1) is 0 Å². The van der Waals surface area contributed by atoms with E-state index in [1.165, 1.54) is 6.33 Å². The molecule has 0 aliphatic rings. The second-order valence-electron chi connectivity index (χ2n) is 7.52. The summed E-state index contributed by atoms with van der Waals surface area (Å²) in [7, 11) is 0. The molecule has 1 amide bonds. The first-order valence-electron chi connectivity index (χ1n) is 10.3. The van der Waals surface area contributed by atoms with Crippen LogP contribution in [0.1, 0.15) is 41.8 Å². The van der Waals surface area contributed by atoms with Crippen LogP contribution in [-0.2, 0) is 17.8 Å². The van der Waals surface area contributed by atoms with Crippen LogP contribution in [0.25, 0.3) is 17.2 Å². The lowest BCUT2D eigenvalue weighted by Gasteiger charge is -2.19. The van der Waals surface area contributed by atoms with Gasteiger partial charge >= 0.3 is 0 Å². The number of hydrogen-bond acceptors (Lipinski definition) is 7. The van der Waals surface area contributed by atoms with Crippen LogP contribution in [0.5, 0.6) is 0 Å². The molecule has 0 radical (unpaired) electrons. The molecule has 3 heterocycles. The summed E-state index contributed by atoms with van der Waals surface area (Å²) >= 11 is 0. The highest BCUT2D eigenvalue weighted by molar-refractivity contribution is 5.76. The lowest BCUT2D eigenvalue weighted by atomic mass is 10.1. The van der Waals surface area contributed by atoms with Crippen LogP contribution in [0.2, 0.25) is 0 Å². The number of rotatable bonds is 7. The Bertz CT molecular complexity index is 1230. The largest absolute Gasteiger partial charge is 0.337 e. The zero-order valence-electron chi connectivity index (χ0n) is 18.2. The summed E-state index contributed by atoms with van der Waals surface area (Å²) in [6.45, 7) is 8.70. The number of carbonyl (C=O) groups excluding carboxylic acids is 1. The fraction of sp³-hybridized carbons (Fsp3) is 0.364. The Morgan fingerprint density at radius 2 is 2.03 bits per heavy atom. The van der Waals surface area contributed by atoms with Crippen molar-refractivity contribution in [1.29, 1.82) is 0 Å². The van der Waals surface area contributed by atoms with E-state index in [4.69, 9.17) is 4.52 Å². The molecule has 0 saturated carbocycles. The minimum atomic E-state index is 0.0234. The molecule has 0 unspecified atom stereocenters. The normalized spacial score (nSPS) is 11.2. The molecule has 3 aromatic heterocycles. The second kappa shape index (κ2) is 8.63. The van der Waals surface area contributed by atoms with E-state index in [-0.39, 0.29) is 12.5 Å². The van der Waals surface area contributed by atoms with E-state index in [0.717, 1.165) is 28.1 Å². The average molecular weight is 419 g/mol. The Morgan fingerprint density at radius 1 is 1.19 bits per heavy atom. The van der Waals surface area contributed by atoms with Crippen molar-refractivity contribution in [3.05, 3.63) is 59.0 Å². The number of aryl methyl sites for hydroxylation is 3. The van der Waals surface area contributed by atoms with Gasteiger partial charge in [0.15, 0.2) is 0 Å². The Hall–Kier alpha value is -3.62. The van der Waals surface area contributed by atoms with Crippen molar-refractivity contribution >= 4 is 11.7 Å². The fourth-order valence-corrected chi connectivity index (χ4v) is 3.67. The first-order valence-corrected chi connectivity index (χ1v) is 10.3. The van der Waals surface area contributed by atoms with Crippen molar-refractivity contribution in [2.45, 2.75) is 47.1 Å². The SMILES string of the molecule is CCN(Cc1nc(-c2cccc(C)c2)no1)C(=O)CCc1c(C)nc2ncnn2c1C. The maximum Gasteiger partial charge on any atom is 0.252 e. The molecule has 4 rings (SSSR count). The first kappa shape index (κ1) is 20.6. The minimum Gasteiger partial charge on any atom is -0.337 e. The van der Waals surface area contributed by atoms with Gasteiger partial charge in [0.2, 0.25) is 17.6 Å². The number of nitrogens with zero attached hydrogens (tertiary/aromatic N) is 7. The third-order valence-corrected chi connectivity index (χ3v) is 5.38. The van der Waals surface area contributed by atoms with Crippen LogP contribution in [0.15, 0.2) is 35.1 Å². The van der Waals surface area contributed by atoms with E-state index < -0.39 is 0 Å². The van der Waals surface area contributed by atoms with Crippen molar-refractivity contribution in [2.75, 3.05) is 6.54 Å². The van der Waals surface area contributed by atoms with E-state index in [1.807, 2.05) is 52.0 Å². The molecule has 0 aliphatic heterocycles. The molecule has 9 nitrogen and oxygen atoms in total. The summed E-state index contributed by atoms with van der Waals surface area (Å²) in [5.41, 5.74) is 4.86. The highest BCUT2D eigenvalue weighted by Gasteiger charge is 2.19. The van der Waals surface area contributed by atoms with Crippen molar-refractivity contribution in [3.8, 4) is 11.4 Å². The van der Waals surface area contributed by atoms with Gasteiger partial charge in [-0.25, -0.2) is 9.50 Å². The molecule has 1 aromatic carbocycles. The molecular weight excluding hydrogens is 394 g/mol. The Morgan fingerprint density at radius 3 is 2.81 bits per heavy atom. The number of amides is 1. The lowest BCUT2D eigenvalue weighted by Crippen LogP contribution is -2.30. The molecule has 4 aromatic rings. The van der Waals surface area contributed by atoms with E-state index in [1.54, 1.807) is 9.42 Å². The Balaban J connectivity index is 1.44. The zero-order valence-corrected chi connectivity index (χ0v) is 18.2. The summed E-state index contributed by atoms with van der Waals surface area (Å²) in [5, 5.41) is 8.27. The van der Waals surface area contributed by atoms with Gasteiger partial charge in [-0.3, -0.25) is 4.79 Å². The topological polar surface area (TPSA) is 102 Å². The Labute approximate surface area is 180 Å². The third-order valence-electron chi connectivity index (χ3n) is 5.38. The number of fused-ring (bicyclic) bond motifs is 1. The highest BCUT2D eigenvalue weighted by atomic mass is 16.5. The predicted molar refractivity (Wildman–Crippen MR) is 114 cm³/mol. The smallest absolute Gasteiger partial charge is 0.252 e. The maximum absolute atomic E-state index is 12.9.